The molecule has 0 unspecified atom stereocenters. The van der Waals surface area contributed by atoms with Crippen molar-refractivity contribution in [1.29, 1.82) is 0 Å². The lowest BCUT2D eigenvalue weighted by Gasteiger charge is -2.22. The Labute approximate surface area is 189 Å². The Balaban J connectivity index is 1.90. The van der Waals surface area contributed by atoms with E-state index in [-0.39, 0.29) is 41.2 Å². The van der Waals surface area contributed by atoms with Gasteiger partial charge in [0.15, 0.2) is 0 Å². The van der Waals surface area contributed by atoms with E-state index in [1.165, 1.54) is 23.5 Å². The van der Waals surface area contributed by atoms with Crippen molar-refractivity contribution in [3.63, 3.8) is 0 Å². The SMILES string of the molecule is CCN(Cc1ccccc1)S(=O)(=O)c1cc(C(=O)N[C@H](C)c2ccccc2)ccc1OC. The summed E-state index contributed by atoms with van der Waals surface area (Å²) in [6.07, 6.45) is 0. The van der Waals surface area contributed by atoms with Gasteiger partial charge in [-0.3, -0.25) is 4.79 Å². The summed E-state index contributed by atoms with van der Waals surface area (Å²) in [4.78, 5) is 12.8. The van der Waals surface area contributed by atoms with Gasteiger partial charge in [-0.2, -0.15) is 4.31 Å². The maximum Gasteiger partial charge on any atom is 0.251 e. The molecule has 6 nitrogen and oxygen atoms in total. The van der Waals surface area contributed by atoms with Gasteiger partial charge in [0.05, 0.1) is 13.2 Å². The van der Waals surface area contributed by atoms with Crippen molar-refractivity contribution in [2.75, 3.05) is 13.7 Å². The molecule has 1 atom stereocenters. The van der Waals surface area contributed by atoms with Crippen molar-refractivity contribution in [2.45, 2.75) is 31.3 Å². The van der Waals surface area contributed by atoms with Gasteiger partial charge in [0.25, 0.3) is 5.91 Å². The van der Waals surface area contributed by atoms with E-state index >= 15 is 0 Å². The maximum absolute atomic E-state index is 13.5. The molecule has 3 rings (SSSR count). The van der Waals surface area contributed by atoms with Gasteiger partial charge in [0.1, 0.15) is 10.6 Å². The molecule has 0 radical (unpaired) electrons. The van der Waals surface area contributed by atoms with Crippen LogP contribution in [0.4, 0.5) is 0 Å². The summed E-state index contributed by atoms with van der Waals surface area (Å²) in [6.45, 7) is 4.17. The Bertz CT molecular complexity index is 1150. The Morgan fingerprint density at radius 2 is 1.62 bits per heavy atom. The number of methoxy groups -OCH3 is 1. The third-order valence-electron chi connectivity index (χ3n) is 5.25. The fourth-order valence-corrected chi connectivity index (χ4v) is 5.04. The third kappa shape index (κ3) is 5.36. The lowest BCUT2D eigenvalue weighted by atomic mass is 10.1. The number of hydrogen-bond acceptors (Lipinski definition) is 4. The molecule has 0 bridgehead atoms. The van der Waals surface area contributed by atoms with Gasteiger partial charge in [-0.15, -0.1) is 0 Å². The van der Waals surface area contributed by atoms with Gasteiger partial charge in [0.2, 0.25) is 10.0 Å². The Morgan fingerprint density at radius 1 is 1.00 bits per heavy atom. The van der Waals surface area contributed by atoms with Gasteiger partial charge >= 0.3 is 0 Å². The van der Waals surface area contributed by atoms with Gasteiger partial charge in [-0.25, -0.2) is 8.42 Å². The minimum atomic E-state index is -3.90. The topological polar surface area (TPSA) is 75.7 Å². The predicted octanol–water partition coefficient (Wildman–Crippen LogP) is 4.40. The molecule has 0 saturated carbocycles. The van der Waals surface area contributed by atoms with E-state index in [2.05, 4.69) is 5.32 Å². The normalized spacial score (nSPS) is 12.4. The largest absolute Gasteiger partial charge is 0.495 e. The molecule has 168 valence electrons. The highest BCUT2D eigenvalue weighted by Crippen LogP contribution is 2.29. The molecule has 1 amide bonds. The summed E-state index contributed by atoms with van der Waals surface area (Å²) in [5, 5.41) is 2.92. The summed E-state index contributed by atoms with van der Waals surface area (Å²) in [6, 6.07) is 23.2. The van der Waals surface area contributed by atoms with Crippen molar-refractivity contribution < 1.29 is 17.9 Å². The number of ether oxygens (including phenoxy) is 1. The van der Waals surface area contributed by atoms with Crippen LogP contribution < -0.4 is 10.1 Å². The van der Waals surface area contributed by atoms with Crippen LogP contribution in [0.5, 0.6) is 5.75 Å². The number of amides is 1. The molecule has 0 fully saturated rings. The number of benzene rings is 3. The van der Waals surface area contributed by atoms with Crippen molar-refractivity contribution in [2.24, 2.45) is 0 Å². The van der Waals surface area contributed by atoms with Crippen molar-refractivity contribution in [3.8, 4) is 5.75 Å². The molecule has 7 heteroatoms. The van der Waals surface area contributed by atoms with Gasteiger partial charge < -0.3 is 10.1 Å². The van der Waals surface area contributed by atoms with E-state index in [4.69, 9.17) is 4.74 Å². The zero-order valence-electron chi connectivity index (χ0n) is 18.5. The highest BCUT2D eigenvalue weighted by molar-refractivity contribution is 7.89. The first-order chi connectivity index (χ1) is 15.4. The number of sulfonamides is 1. The van der Waals surface area contributed by atoms with E-state index in [0.29, 0.717) is 0 Å². The molecule has 3 aromatic rings. The predicted molar refractivity (Wildman–Crippen MR) is 125 cm³/mol. The van der Waals surface area contributed by atoms with Gasteiger partial charge in [-0.05, 0) is 36.2 Å². The molecule has 0 aromatic heterocycles. The van der Waals surface area contributed by atoms with Crippen LogP contribution in [0.3, 0.4) is 0 Å². The molecular weight excluding hydrogens is 424 g/mol. The molecular formula is C25H28N2O4S. The van der Waals surface area contributed by atoms with Crippen molar-refractivity contribution in [1.82, 2.24) is 9.62 Å². The van der Waals surface area contributed by atoms with Crippen LogP contribution in [0.15, 0.2) is 83.8 Å². The highest BCUT2D eigenvalue weighted by Gasteiger charge is 2.28. The summed E-state index contributed by atoms with van der Waals surface area (Å²) in [7, 11) is -2.48. The van der Waals surface area contributed by atoms with Gasteiger partial charge in [0, 0.05) is 18.7 Å². The van der Waals surface area contributed by atoms with Crippen LogP contribution in [-0.4, -0.2) is 32.3 Å². The highest BCUT2D eigenvalue weighted by atomic mass is 32.2. The van der Waals surface area contributed by atoms with Crippen LogP contribution in [0.1, 0.15) is 41.4 Å². The monoisotopic (exact) mass is 452 g/mol. The lowest BCUT2D eigenvalue weighted by molar-refractivity contribution is 0.0939. The van der Waals surface area contributed by atoms with E-state index in [9.17, 15) is 13.2 Å². The fraction of sp³-hybridized carbons (Fsp3) is 0.240. The lowest BCUT2D eigenvalue weighted by Crippen LogP contribution is -2.31. The minimum Gasteiger partial charge on any atom is -0.495 e. The zero-order valence-corrected chi connectivity index (χ0v) is 19.3. The number of nitrogens with zero attached hydrogens (tertiary/aromatic N) is 1. The standard InChI is InChI=1S/C25H28N2O4S/c1-4-27(18-20-11-7-5-8-12-20)32(29,30)24-17-22(15-16-23(24)31-3)25(28)26-19(2)21-13-9-6-10-14-21/h5-17,19H,4,18H2,1-3H3,(H,26,28)/t19-/m1/s1. The van der Waals surface area contributed by atoms with Gasteiger partial charge in [-0.1, -0.05) is 67.6 Å². The maximum atomic E-state index is 13.5. The summed E-state index contributed by atoms with van der Waals surface area (Å²) in [5.74, 6) is -0.157. The van der Waals surface area contributed by atoms with E-state index in [0.717, 1.165) is 11.1 Å². The molecule has 32 heavy (non-hydrogen) atoms. The number of carbonyl (C=O) groups excluding carboxylic acids is 1. The second-order valence-electron chi connectivity index (χ2n) is 7.39. The molecule has 0 spiro atoms. The Kier molecular flexibility index (Phi) is 7.66. The molecule has 3 aromatic carbocycles. The molecule has 1 N–H and O–H groups in total. The molecule has 0 aliphatic carbocycles. The number of carbonyl (C=O) groups is 1. The summed E-state index contributed by atoms with van der Waals surface area (Å²) >= 11 is 0. The number of nitrogens with one attached hydrogen (secondary N) is 1. The van der Waals surface area contributed by atoms with Crippen LogP contribution >= 0.6 is 0 Å². The van der Waals surface area contributed by atoms with Crippen molar-refractivity contribution >= 4 is 15.9 Å². The first-order valence-corrected chi connectivity index (χ1v) is 11.9. The first-order valence-electron chi connectivity index (χ1n) is 10.4. The van der Waals surface area contributed by atoms with Crippen molar-refractivity contribution in [3.05, 3.63) is 95.6 Å². The summed E-state index contributed by atoms with van der Waals surface area (Å²) < 4.78 is 33.7. The smallest absolute Gasteiger partial charge is 0.251 e. The average Bonchev–Trinajstić information content (AvgIpc) is 2.83. The first kappa shape index (κ1) is 23.5. The van der Waals surface area contributed by atoms with Crippen LogP contribution in [0, 0.1) is 0 Å². The van der Waals surface area contributed by atoms with E-state index < -0.39 is 10.0 Å². The van der Waals surface area contributed by atoms with E-state index in [1.54, 1.807) is 13.0 Å². The minimum absolute atomic E-state index is 0.0298. The molecule has 0 aliphatic rings. The zero-order chi connectivity index (χ0) is 23.1. The van der Waals surface area contributed by atoms with E-state index in [1.807, 2.05) is 67.6 Å². The molecule has 0 aliphatic heterocycles. The second kappa shape index (κ2) is 10.4. The summed E-state index contributed by atoms with van der Waals surface area (Å²) in [5.41, 5.74) is 2.09. The number of hydrogen-bond donors (Lipinski definition) is 1. The van der Waals surface area contributed by atoms with Crippen LogP contribution in [0.25, 0.3) is 0 Å². The molecule has 0 heterocycles. The number of rotatable bonds is 9. The average molecular weight is 453 g/mol. The molecule has 0 saturated heterocycles. The Morgan fingerprint density at radius 3 is 2.22 bits per heavy atom. The third-order valence-corrected chi connectivity index (χ3v) is 7.19. The van der Waals surface area contributed by atoms with Crippen LogP contribution in [-0.2, 0) is 16.6 Å². The second-order valence-corrected chi connectivity index (χ2v) is 9.29. The fourth-order valence-electron chi connectivity index (χ4n) is 3.42. The quantitative estimate of drug-likeness (QED) is 0.522. The Hall–Kier alpha value is -3.16. The van der Waals surface area contributed by atoms with Crippen LogP contribution in [0.2, 0.25) is 0 Å².